The van der Waals surface area contributed by atoms with Crippen molar-refractivity contribution in [3.63, 3.8) is 0 Å². The van der Waals surface area contributed by atoms with Crippen molar-refractivity contribution in [1.82, 2.24) is 0 Å². The highest BCUT2D eigenvalue weighted by atomic mass is 16.5. The molecule has 0 bridgehead atoms. The lowest BCUT2D eigenvalue weighted by molar-refractivity contribution is -0.141. The summed E-state index contributed by atoms with van der Waals surface area (Å²) in [5.41, 5.74) is -0.364. The maximum absolute atomic E-state index is 11.1. The van der Waals surface area contributed by atoms with Crippen molar-refractivity contribution in [3.05, 3.63) is 12.2 Å². The van der Waals surface area contributed by atoms with Crippen LogP contribution >= 0.6 is 0 Å². The van der Waals surface area contributed by atoms with E-state index in [4.69, 9.17) is 10.2 Å². The van der Waals surface area contributed by atoms with Crippen molar-refractivity contribution >= 4 is 5.97 Å². The van der Waals surface area contributed by atoms with Crippen molar-refractivity contribution in [1.29, 1.82) is 0 Å². The van der Waals surface area contributed by atoms with Crippen LogP contribution in [0.2, 0.25) is 0 Å². The molecule has 0 radical (unpaired) electrons. The minimum absolute atomic E-state index is 0.114. The maximum Gasteiger partial charge on any atom is 0.336 e. The quantitative estimate of drug-likeness (QED) is 0.310. The van der Waals surface area contributed by atoms with Crippen LogP contribution < -0.4 is 0 Å². The lowest BCUT2D eigenvalue weighted by atomic mass is 10.0. The van der Waals surface area contributed by atoms with E-state index in [2.05, 4.69) is 11.3 Å². The molecule has 3 atom stereocenters. The standard InChI is InChI=1S/C9H16O6/c1-3-15-9(14)5(2)7(12)8(13)6(11)4-10/h6-8,10-13H,2-4H2,1H3/t6-,7?,8-/m0/s1. The molecule has 0 aliphatic heterocycles. The smallest absolute Gasteiger partial charge is 0.336 e. The van der Waals surface area contributed by atoms with Crippen LogP contribution in [0.1, 0.15) is 6.92 Å². The van der Waals surface area contributed by atoms with Gasteiger partial charge in [0.15, 0.2) is 0 Å². The molecule has 0 aliphatic carbocycles. The molecule has 6 heteroatoms. The Labute approximate surface area is 87.4 Å². The van der Waals surface area contributed by atoms with Gasteiger partial charge in [0.25, 0.3) is 0 Å². The molecule has 1 unspecified atom stereocenters. The van der Waals surface area contributed by atoms with Crippen molar-refractivity contribution < 1.29 is 30.0 Å². The van der Waals surface area contributed by atoms with E-state index in [0.29, 0.717) is 0 Å². The third kappa shape index (κ3) is 3.96. The third-order valence-electron chi connectivity index (χ3n) is 1.80. The molecule has 0 fully saturated rings. The Hall–Kier alpha value is -0.950. The zero-order valence-electron chi connectivity index (χ0n) is 8.46. The number of carbonyl (C=O) groups is 1. The van der Waals surface area contributed by atoms with Crippen molar-refractivity contribution in [2.45, 2.75) is 25.2 Å². The topological polar surface area (TPSA) is 107 Å². The Morgan fingerprint density at radius 1 is 1.40 bits per heavy atom. The monoisotopic (exact) mass is 220 g/mol. The highest BCUT2D eigenvalue weighted by Crippen LogP contribution is 2.10. The van der Waals surface area contributed by atoms with Crippen LogP contribution in [-0.2, 0) is 9.53 Å². The average Bonchev–Trinajstić information content (AvgIpc) is 2.25. The normalized spacial score (nSPS) is 16.6. The highest BCUT2D eigenvalue weighted by Gasteiger charge is 2.29. The molecule has 0 aromatic carbocycles. The van der Waals surface area contributed by atoms with Gasteiger partial charge in [-0.05, 0) is 6.92 Å². The van der Waals surface area contributed by atoms with Gasteiger partial charge in [0.05, 0.1) is 18.8 Å². The number of aliphatic hydroxyl groups excluding tert-OH is 4. The fourth-order valence-corrected chi connectivity index (χ4v) is 0.869. The number of hydrogen-bond donors (Lipinski definition) is 4. The van der Waals surface area contributed by atoms with Crippen LogP contribution in [0.4, 0.5) is 0 Å². The molecule has 15 heavy (non-hydrogen) atoms. The number of aliphatic hydroxyl groups is 4. The fraction of sp³-hybridized carbons (Fsp3) is 0.667. The van der Waals surface area contributed by atoms with Crippen LogP contribution in [0.25, 0.3) is 0 Å². The van der Waals surface area contributed by atoms with Gasteiger partial charge in [-0.2, -0.15) is 0 Å². The van der Waals surface area contributed by atoms with E-state index in [9.17, 15) is 15.0 Å². The van der Waals surface area contributed by atoms with Crippen LogP contribution in [0.15, 0.2) is 12.2 Å². The molecule has 0 spiro atoms. The van der Waals surface area contributed by atoms with Crippen LogP contribution in [0, 0.1) is 0 Å². The van der Waals surface area contributed by atoms with E-state index in [1.165, 1.54) is 0 Å². The number of hydrogen-bond acceptors (Lipinski definition) is 6. The highest BCUT2D eigenvalue weighted by molar-refractivity contribution is 5.88. The Bertz CT molecular complexity index is 227. The summed E-state index contributed by atoms with van der Waals surface area (Å²) in [5, 5.41) is 36.1. The second-order valence-electron chi connectivity index (χ2n) is 2.93. The summed E-state index contributed by atoms with van der Waals surface area (Å²) >= 11 is 0. The summed E-state index contributed by atoms with van der Waals surface area (Å²) in [7, 11) is 0. The maximum atomic E-state index is 11.1. The van der Waals surface area contributed by atoms with Gasteiger partial charge in [0, 0.05) is 0 Å². The molecule has 0 aromatic heterocycles. The lowest BCUT2D eigenvalue weighted by Gasteiger charge is -2.22. The van der Waals surface area contributed by atoms with Gasteiger partial charge in [-0.3, -0.25) is 0 Å². The van der Waals surface area contributed by atoms with E-state index in [1.807, 2.05) is 0 Å². The van der Waals surface area contributed by atoms with Crippen LogP contribution in [-0.4, -0.2) is 57.9 Å². The first-order valence-electron chi connectivity index (χ1n) is 4.46. The van der Waals surface area contributed by atoms with Crippen LogP contribution in [0.3, 0.4) is 0 Å². The third-order valence-corrected chi connectivity index (χ3v) is 1.80. The minimum atomic E-state index is -1.67. The molecular weight excluding hydrogens is 204 g/mol. The van der Waals surface area contributed by atoms with Crippen molar-refractivity contribution in [2.75, 3.05) is 13.2 Å². The predicted molar refractivity (Wildman–Crippen MR) is 50.9 cm³/mol. The van der Waals surface area contributed by atoms with Gasteiger partial charge in [0.1, 0.15) is 18.3 Å². The first-order chi connectivity index (χ1) is 6.95. The Balaban J connectivity index is 4.37. The molecule has 4 N–H and O–H groups in total. The van der Waals surface area contributed by atoms with Crippen molar-refractivity contribution in [2.24, 2.45) is 0 Å². The van der Waals surface area contributed by atoms with Gasteiger partial charge >= 0.3 is 5.97 Å². The van der Waals surface area contributed by atoms with Gasteiger partial charge in [-0.1, -0.05) is 6.58 Å². The van der Waals surface area contributed by atoms with Crippen molar-refractivity contribution in [3.8, 4) is 0 Å². The minimum Gasteiger partial charge on any atom is -0.463 e. The number of ether oxygens (including phenoxy) is 1. The number of esters is 1. The van der Waals surface area contributed by atoms with E-state index >= 15 is 0 Å². The van der Waals surface area contributed by atoms with Gasteiger partial charge in [0.2, 0.25) is 0 Å². The predicted octanol–water partition coefficient (Wildman–Crippen LogP) is -1.82. The molecule has 6 nitrogen and oxygen atoms in total. The Morgan fingerprint density at radius 3 is 2.33 bits per heavy atom. The average molecular weight is 220 g/mol. The number of carbonyl (C=O) groups excluding carboxylic acids is 1. The molecule has 0 rings (SSSR count). The SMILES string of the molecule is C=C(C(=O)OCC)C(O)[C@@H](O)[C@@H](O)CO. The van der Waals surface area contributed by atoms with E-state index in [1.54, 1.807) is 6.92 Å². The second kappa shape index (κ2) is 6.52. The zero-order valence-corrected chi connectivity index (χ0v) is 8.46. The van der Waals surface area contributed by atoms with Gasteiger partial charge in [-0.25, -0.2) is 4.79 Å². The largest absolute Gasteiger partial charge is 0.463 e. The molecule has 0 amide bonds. The summed E-state index contributed by atoms with van der Waals surface area (Å²) in [5.74, 6) is -0.853. The zero-order chi connectivity index (χ0) is 12.0. The molecular formula is C9H16O6. The lowest BCUT2D eigenvalue weighted by Crippen LogP contribution is -2.41. The first-order valence-corrected chi connectivity index (χ1v) is 4.46. The summed E-state index contributed by atoms with van der Waals surface area (Å²) in [6.45, 7) is 4.20. The molecule has 0 aromatic rings. The Morgan fingerprint density at radius 2 is 1.93 bits per heavy atom. The Kier molecular flexibility index (Phi) is 6.11. The van der Waals surface area contributed by atoms with Crippen LogP contribution in [0.5, 0.6) is 0 Å². The molecule has 0 saturated carbocycles. The summed E-state index contributed by atoms with van der Waals surface area (Å²) in [6, 6.07) is 0. The second-order valence-corrected chi connectivity index (χ2v) is 2.93. The summed E-state index contributed by atoms with van der Waals surface area (Å²) in [4.78, 5) is 11.1. The molecule has 88 valence electrons. The van der Waals surface area contributed by atoms with Gasteiger partial charge < -0.3 is 25.2 Å². The fourth-order valence-electron chi connectivity index (χ4n) is 0.869. The summed E-state index contributed by atoms with van der Waals surface area (Å²) in [6.07, 6.45) is -4.87. The molecule has 0 aliphatic rings. The van der Waals surface area contributed by atoms with E-state index in [0.717, 1.165) is 0 Å². The molecule has 0 heterocycles. The van der Waals surface area contributed by atoms with Gasteiger partial charge in [-0.15, -0.1) is 0 Å². The summed E-state index contributed by atoms with van der Waals surface area (Å²) < 4.78 is 4.53. The first kappa shape index (κ1) is 14.1. The molecule has 0 saturated heterocycles. The van der Waals surface area contributed by atoms with E-state index < -0.39 is 30.9 Å². The van der Waals surface area contributed by atoms with E-state index in [-0.39, 0.29) is 12.2 Å². The number of rotatable bonds is 6.